The van der Waals surface area contributed by atoms with Gasteiger partial charge in [-0.3, -0.25) is 0 Å². The van der Waals surface area contributed by atoms with E-state index in [-0.39, 0.29) is 6.09 Å². The molecule has 0 radical (unpaired) electrons. The highest BCUT2D eigenvalue weighted by Gasteiger charge is 2.05. The van der Waals surface area contributed by atoms with Crippen LogP contribution in [0.1, 0.15) is 63.9 Å². The topological polar surface area (TPSA) is 54.1 Å². The van der Waals surface area contributed by atoms with Crippen LogP contribution in [0.25, 0.3) is 10.9 Å². The van der Waals surface area contributed by atoms with Crippen molar-refractivity contribution >= 4 is 17.0 Å². The van der Waals surface area contributed by atoms with Crippen molar-refractivity contribution < 1.29 is 9.53 Å². The number of carbonyl (C=O) groups is 1. The number of H-pyrrole nitrogens is 1. The number of benzene rings is 1. The standard InChI is InChI=1S/C21H32N2O2/c1-2-3-4-5-6-7-8-11-16-25-21(24)22-15-14-18-17-23-20-13-10-9-12-19(18)20/h9-10,12-13,17,23H,2-8,11,14-16H2,1H3,(H,22,24). The lowest BCUT2D eigenvalue weighted by atomic mass is 10.1. The second-order valence-electron chi connectivity index (χ2n) is 6.65. The summed E-state index contributed by atoms with van der Waals surface area (Å²) >= 11 is 0. The number of ether oxygens (including phenoxy) is 1. The Morgan fingerprint density at radius 3 is 2.56 bits per heavy atom. The van der Waals surface area contributed by atoms with Gasteiger partial charge in [0.05, 0.1) is 6.61 Å². The van der Waals surface area contributed by atoms with Gasteiger partial charge in [0, 0.05) is 23.6 Å². The average Bonchev–Trinajstić information content (AvgIpc) is 3.04. The van der Waals surface area contributed by atoms with E-state index in [0.717, 1.165) is 24.8 Å². The SMILES string of the molecule is CCCCCCCCCCOC(=O)NCCc1c[nH]c2ccccc12. The maximum absolute atomic E-state index is 11.7. The Hall–Kier alpha value is -1.97. The number of fused-ring (bicyclic) bond motifs is 1. The zero-order valence-electron chi connectivity index (χ0n) is 15.5. The molecule has 138 valence electrons. The number of unbranched alkanes of at least 4 members (excludes halogenated alkanes) is 7. The van der Waals surface area contributed by atoms with E-state index in [1.54, 1.807) is 0 Å². The first-order valence-corrected chi connectivity index (χ1v) is 9.77. The molecule has 0 bridgehead atoms. The molecule has 0 spiro atoms. The number of aromatic nitrogens is 1. The van der Waals surface area contributed by atoms with E-state index in [1.807, 2.05) is 18.3 Å². The van der Waals surface area contributed by atoms with Crippen LogP contribution in [0.15, 0.2) is 30.5 Å². The lowest BCUT2D eigenvalue weighted by molar-refractivity contribution is 0.144. The van der Waals surface area contributed by atoms with Crippen molar-refractivity contribution in [3.05, 3.63) is 36.0 Å². The number of rotatable bonds is 12. The normalized spacial score (nSPS) is 10.9. The summed E-state index contributed by atoms with van der Waals surface area (Å²) in [5.74, 6) is 0. The first-order chi connectivity index (χ1) is 12.3. The second kappa shape index (κ2) is 11.6. The van der Waals surface area contributed by atoms with Crippen LogP contribution < -0.4 is 5.32 Å². The van der Waals surface area contributed by atoms with Gasteiger partial charge in [0.15, 0.2) is 0 Å². The third-order valence-electron chi connectivity index (χ3n) is 4.57. The summed E-state index contributed by atoms with van der Waals surface area (Å²) in [5.41, 5.74) is 2.36. The zero-order valence-corrected chi connectivity index (χ0v) is 15.5. The molecule has 0 aliphatic heterocycles. The van der Waals surface area contributed by atoms with Crippen molar-refractivity contribution in [3.63, 3.8) is 0 Å². The third-order valence-corrected chi connectivity index (χ3v) is 4.57. The van der Waals surface area contributed by atoms with Gasteiger partial charge in [0.2, 0.25) is 0 Å². The van der Waals surface area contributed by atoms with Gasteiger partial charge in [-0.25, -0.2) is 4.79 Å². The summed E-state index contributed by atoms with van der Waals surface area (Å²) in [4.78, 5) is 15.0. The number of carbonyl (C=O) groups excluding carboxylic acids is 1. The maximum Gasteiger partial charge on any atom is 0.407 e. The van der Waals surface area contributed by atoms with Crippen LogP contribution in [0.5, 0.6) is 0 Å². The summed E-state index contributed by atoms with van der Waals surface area (Å²) < 4.78 is 5.24. The number of para-hydroxylation sites is 1. The van der Waals surface area contributed by atoms with E-state index in [2.05, 4.69) is 29.4 Å². The van der Waals surface area contributed by atoms with E-state index in [1.165, 1.54) is 49.5 Å². The maximum atomic E-state index is 11.7. The molecule has 1 aromatic carbocycles. The highest BCUT2D eigenvalue weighted by atomic mass is 16.5. The molecular weight excluding hydrogens is 312 g/mol. The van der Waals surface area contributed by atoms with Crippen molar-refractivity contribution in [2.45, 2.75) is 64.7 Å². The Morgan fingerprint density at radius 1 is 1.04 bits per heavy atom. The number of nitrogens with one attached hydrogen (secondary N) is 2. The number of aromatic amines is 1. The fraction of sp³-hybridized carbons (Fsp3) is 0.571. The zero-order chi connectivity index (χ0) is 17.7. The van der Waals surface area contributed by atoms with Gasteiger partial charge in [0.25, 0.3) is 0 Å². The summed E-state index contributed by atoms with van der Waals surface area (Å²) in [7, 11) is 0. The predicted molar refractivity (Wildman–Crippen MR) is 104 cm³/mol. The molecule has 4 heteroatoms. The Morgan fingerprint density at radius 2 is 1.76 bits per heavy atom. The van der Waals surface area contributed by atoms with Crippen molar-refractivity contribution in [2.75, 3.05) is 13.2 Å². The number of alkyl carbamates (subject to hydrolysis) is 1. The van der Waals surface area contributed by atoms with Gasteiger partial charge in [-0.05, 0) is 24.5 Å². The van der Waals surface area contributed by atoms with Crippen molar-refractivity contribution in [1.29, 1.82) is 0 Å². The van der Waals surface area contributed by atoms with Gasteiger partial charge in [-0.15, -0.1) is 0 Å². The minimum Gasteiger partial charge on any atom is -0.450 e. The lowest BCUT2D eigenvalue weighted by Gasteiger charge is -2.07. The van der Waals surface area contributed by atoms with E-state index < -0.39 is 0 Å². The van der Waals surface area contributed by atoms with Crippen molar-refractivity contribution in [2.24, 2.45) is 0 Å². The fourth-order valence-corrected chi connectivity index (χ4v) is 3.09. The van der Waals surface area contributed by atoms with E-state index >= 15 is 0 Å². The van der Waals surface area contributed by atoms with Crippen LogP contribution in [0.4, 0.5) is 4.79 Å². The van der Waals surface area contributed by atoms with Gasteiger partial charge < -0.3 is 15.0 Å². The molecule has 4 nitrogen and oxygen atoms in total. The van der Waals surface area contributed by atoms with E-state index in [4.69, 9.17) is 4.74 Å². The Bertz CT molecular complexity index is 621. The first kappa shape index (κ1) is 19.4. The number of hydrogen-bond acceptors (Lipinski definition) is 2. The predicted octanol–water partition coefficient (Wildman–Crippen LogP) is 5.58. The minimum absolute atomic E-state index is 0.303. The molecule has 1 aromatic heterocycles. The molecule has 2 aromatic rings. The third kappa shape index (κ3) is 7.20. The van der Waals surface area contributed by atoms with Gasteiger partial charge >= 0.3 is 6.09 Å². The molecular formula is C21H32N2O2. The highest BCUT2D eigenvalue weighted by molar-refractivity contribution is 5.83. The molecule has 0 fully saturated rings. The Kier molecular flexibility index (Phi) is 8.95. The molecule has 0 aliphatic carbocycles. The molecule has 0 unspecified atom stereocenters. The molecule has 1 heterocycles. The van der Waals surface area contributed by atoms with Crippen molar-refractivity contribution in [1.82, 2.24) is 10.3 Å². The highest BCUT2D eigenvalue weighted by Crippen LogP contribution is 2.17. The quantitative estimate of drug-likeness (QED) is 0.494. The first-order valence-electron chi connectivity index (χ1n) is 9.77. The van der Waals surface area contributed by atoms with Crippen LogP contribution in [0, 0.1) is 0 Å². The monoisotopic (exact) mass is 344 g/mol. The van der Waals surface area contributed by atoms with Crippen LogP contribution in [0.2, 0.25) is 0 Å². The van der Waals surface area contributed by atoms with Crippen molar-refractivity contribution in [3.8, 4) is 0 Å². The molecule has 0 aliphatic rings. The van der Waals surface area contributed by atoms with Crippen LogP contribution >= 0.6 is 0 Å². The summed E-state index contributed by atoms with van der Waals surface area (Å²) in [6, 6.07) is 8.21. The Balaban J connectivity index is 1.49. The van der Waals surface area contributed by atoms with Gasteiger partial charge in [-0.2, -0.15) is 0 Å². The van der Waals surface area contributed by atoms with Crippen LogP contribution in [-0.4, -0.2) is 24.2 Å². The van der Waals surface area contributed by atoms with E-state index in [9.17, 15) is 4.79 Å². The smallest absolute Gasteiger partial charge is 0.407 e. The molecule has 1 amide bonds. The molecule has 2 rings (SSSR count). The van der Waals surface area contributed by atoms with Gasteiger partial charge in [0.1, 0.15) is 0 Å². The molecule has 2 N–H and O–H groups in total. The lowest BCUT2D eigenvalue weighted by Crippen LogP contribution is -2.26. The average molecular weight is 344 g/mol. The van der Waals surface area contributed by atoms with Gasteiger partial charge in [-0.1, -0.05) is 70.1 Å². The fourth-order valence-electron chi connectivity index (χ4n) is 3.09. The number of hydrogen-bond donors (Lipinski definition) is 2. The minimum atomic E-state index is -0.303. The molecule has 25 heavy (non-hydrogen) atoms. The molecule has 0 saturated heterocycles. The molecule has 0 saturated carbocycles. The summed E-state index contributed by atoms with van der Waals surface area (Å²) in [6.45, 7) is 3.36. The summed E-state index contributed by atoms with van der Waals surface area (Å²) in [6.07, 6.45) is 12.5. The summed E-state index contributed by atoms with van der Waals surface area (Å²) in [5, 5.41) is 4.05. The van der Waals surface area contributed by atoms with Crippen LogP contribution in [-0.2, 0) is 11.2 Å². The van der Waals surface area contributed by atoms with Crippen LogP contribution in [0.3, 0.4) is 0 Å². The molecule has 0 atom stereocenters. The largest absolute Gasteiger partial charge is 0.450 e. The second-order valence-corrected chi connectivity index (χ2v) is 6.65. The number of amides is 1. The Labute approximate surface area is 151 Å². The van der Waals surface area contributed by atoms with E-state index in [0.29, 0.717) is 13.2 Å².